The third-order valence-electron chi connectivity index (χ3n) is 4.10. The fourth-order valence-electron chi connectivity index (χ4n) is 2.63. The number of ether oxygens (including phenoxy) is 1. The topological polar surface area (TPSA) is 112 Å². The van der Waals surface area contributed by atoms with Crippen molar-refractivity contribution >= 4 is 23.6 Å². The van der Waals surface area contributed by atoms with Gasteiger partial charge >= 0.3 is 17.9 Å². The molecule has 1 saturated heterocycles. The van der Waals surface area contributed by atoms with Crippen molar-refractivity contribution in [1.29, 1.82) is 5.26 Å². The number of piperidine rings is 1. The van der Waals surface area contributed by atoms with Crippen molar-refractivity contribution < 1.29 is 19.1 Å². The highest BCUT2D eigenvalue weighted by molar-refractivity contribution is 6.39. The molecule has 1 heterocycles. The van der Waals surface area contributed by atoms with Gasteiger partial charge in [0.2, 0.25) is 0 Å². The molecule has 0 radical (unpaired) electrons. The number of nitrogens with one attached hydrogen (secondary N) is 2. The van der Waals surface area contributed by atoms with E-state index in [0.717, 1.165) is 12.8 Å². The van der Waals surface area contributed by atoms with E-state index < -0.39 is 11.8 Å². The highest BCUT2D eigenvalue weighted by atomic mass is 16.5. The van der Waals surface area contributed by atoms with Crippen LogP contribution >= 0.6 is 0 Å². The van der Waals surface area contributed by atoms with Crippen LogP contribution in [-0.2, 0) is 14.3 Å². The Morgan fingerprint density at radius 2 is 1.92 bits per heavy atom. The predicted octanol–water partition coefficient (Wildman–Crippen LogP) is 1.09. The lowest BCUT2D eigenvalue weighted by atomic mass is 9.97. The van der Waals surface area contributed by atoms with Gasteiger partial charge in [0.1, 0.15) is 6.07 Å². The molecule has 0 bridgehead atoms. The lowest BCUT2D eigenvalue weighted by Gasteiger charge is -2.30. The first kappa shape index (κ1) is 18.3. The summed E-state index contributed by atoms with van der Waals surface area (Å²) < 4.78 is 4.67. The average Bonchev–Trinajstić information content (AvgIpc) is 2.66. The number of para-hydroxylation sites is 1. The van der Waals surface area contributed by atoms with Crippen molar-refractivity contribution in [2.45, 2.75) is 12.8 Å². The van der Waals surface area contributed by atoms with E-state index in [4.69, 9.17) is 5.26 Å². The van der Waals surface area contributed by atoms with Gasteiger partial charge in [0.25, 0.3) is 0 Å². The summed E-state index contributed by atoms with van der Waals surface area (Å²) in [6.45, 7) is 1.49. The van der Waals surface area contributed by atoms with Crippen molar-refractivity contribution in [3.05, 3.63) is 29.8 Å². The monoisotopic (exact) mass is 344 g/mol. The third kappa shape index (κ3) is 4.94. The van der Waals surface area contributed by atoms with Crippen LogP contribution in [0, 0.1) is 17.2 Å². The van der Waals surface area contributed by atoms with Gasteiger partial charge in [-0.2, -0.15) is 5.26 Å². The number of rotatable bonds is 3. The molecule has 1 aromatic rings. The zero-order valence-corrected chi connectivity index (χ0v) is 13.9. The van der Waals surface area contributed by atoms with Crippen LogP contribution in [0.2, 0.25) is 0 Å². The zero-order valence-electron chi connectivity index (χ0n) is 13.9. The summed E-state index contributed by atoms with van der Waals surface area (Å²) in [6, 6.07) is 8.42. The molecule has 8 nitrogen and oxygen atoms in total. The third-order valence-corrected chi connectivity index (χ3v) is 4.10. The number of amides is 3. The Labute approximate surface area is 145 Å². The summed E-state index contributed by atoms with van der Waals surface area (Å²) in [5, 5.41) is 14.0. The quantitative estimate of drug-likeness (QED) is 0.797. The van der Waals surface area contributed by atoms with Gasteiger partial charge in [0.05, 0.1) is 18.4 Å². The number of likely N-dealkylation sites (tertiary alicyclic amines) is 1. The Kier molecular flexibility index (Phi) is 6.34. The number of nitriles is 1. The summed E-state index contributed by atoms with van der Waals surface area (Å²) in [4.78, 5) is 36.9. The van der Waals surface area contributed by atoms with E-state index in [2.05, 4.69) is 15.4 Å². The second-order valence-electron chi connectivity index (χ2n) is 5.72. The number of carbonyl (C=O) groups is 3. The average molecular weight is 344 g/mol. The van der Waals surface area contributed by atoms with Crippen molar-refractivity contribution in [3.8, 4) is 6.07 Å². The van der Waals surface area contributed by atoms with Crippen molar-refractivity contribution in [1.82, 2.24) is 10.2 Å². The smallest absolute Gasteiger partial charge is 0.409 e. The van der Waals surface area contributed by atoms with Crippen LogP contribution < -0.4 is 10.6 Å². The number of hydrogen-bond donors (Lipinski definition) is 2. The van der Waals surface area contributed by atoms with Gasteiger partial charge in [-0.05, 0) is 30.9 Å². The van der Waals surface area contributed by atoms with E-state index in [9.17, 15) is 14.4 Å². The Morgan fingerprint density at radius 1 is 1.24 bits per heavy atom. The summed E-state index contributed by atoms with van der Waals surface area (Å²) >= 11 is 0. The molecule has 0 spiro atoms. The van der Waals surface area contributed by atoms with Crippen molar-refractivity contribution in [2.75, 3.05) is 32.1 Å². The summed E-state index contributed by atoms with van der Waals surface area (Å²) in [7, 11) is 1.34. The molecule has 132 valence electrons. The molecule has 3 amide bonds. The molecule has 25 heavy (non-hydrogen) atoms. The van der Waals surface area contributed by atoms with Crippen LogP contribution in [0.3, 0.4) is 0 Å². The maximum atomic E-state index is 11.9. The summed E-state index contributed by atoms with van der Waals surface area (Å²) in [6.07, 6.45) is 1.11. The summed E-state index contributed by atoms with van der Waals surface area (Å²) in [5.41, 5.74) is 0.593. The van der Waals surface area contributed by atoms with E-state index in [1.54, 1.807) is 29.2 Å². The van der Waals surface area contributed by atoms with Crippen LogP contribution in [0.1, 0.15) is 18.4 Å². The Morgan fingerprint density at radius 3 is 2.56 bits per heavy atom. The molecule has 1 fully saturated rings. The fraction of sp³-hybridized carbons (Fsp3) is 0.412. The molecular formula is C17H20N4O4. The number of methoxy groups -OCH3 is 1. The lowest BCUT2D eigenvalue weighted by Crippen LogP contribution is -2.43. The van der Waals surface area contributed by atoms with Gasteiger partial charge in [-0.15, -0.1) is 0 Å². The van der Waals surface area contributed by atoms with Gasteiger partial charge in [-0.3, -0.25) is 9.59 Å². The fourth-order valence-corrected chi connectivity index (χ4v) is 2.63. The maximum absolute atomic E-state index is 11.9. The van der Waals surface area contributed by atoms with Crippen LogP contribution in [-0.4, -0.2) is 49.6 Å². The van der Waals surface area contributed by atoms with Crippen molar-refractivity contribution in [2.24, 2.45) is 5.92 Å². The van der Waals surface area contributed by atoms with E-state index in [1.165, 1.54) is 7.11 Å². The van der Waals surface area contributed by atoms with Gasteiger partial charge in [0, 0.05) is 19.6 Å². The van der Waals surface area contributed by atoms with Crippen LogP contribution in [0.5, 0.6) is 0 Å². The maximum Gasteiger partial charge on any atom is 0.409 e. The van der Waals surface area contributed by atoms with E-state index in [0.29, 0.717) is 30.9 Å². The minimum Gasteiger partial charge on any atom is -0.453 e. The van der Waals surface area contributed by atoms with Gasteiger partial charge in [-0.25, -0.2) is 4.79 Å². The lowest BCUT2D eigenvalue weighted by molar-refractivity contribution is -0.136. The second-order valence-corrected chi connectivity index (χ2v) is 5.72. The van der Waals surface area contributed by atoms with Gasteiger partial charge in [0.15, 0.2) is 0 Å². The molecular weight excluding hydrogens is 324 g/mol. The highest BCUT2D eigenvalue weighted by Crippen LogP contribution is 2.17. The minimum absolute atomic E-state index is 0.198. The van der Waals surface area contributed by atoms with Gasteiger partial charge in [-0.1, -0.05) is 12.1 Å². The molecule has 0 unspecified atom stereocenters. The van der Waals surface area contributed by atoms with Gasteiger partial charge < -0.3 is 20.3 Å². The standard InChI is InChI=1S/C17H20N4O4/c1-25-17(24)21-8-6-12(7-9-21)11-19-15(22)16(23)20-14-5-3-2-4-13(14)10-18/h2-5,12H,6-9,11H2,1H3,(H,19,22)(H,20,23). The number of anilines is 1. The number of benzene rings is 1. The normalized spacial score (nSPS) is 14.3. The van der Waals surface area contributed by atoms with E-state index in [1.807, 2.05) is 6.07 Å². The molecule has 0 aliphatic carbocycles. The predicted molar refractivity (Wildman–Crippen MR) is 89.5 cm³/mol. The number of hydrogen-bond acceptors (Lipinski definition) is 5. The molecule has 1 aliphatic rings. The largest absolute Gasteiger partial charge is 0.453 e. The van der Waals surface area contributed by atoms with Crippen LogP contribution in [0.25, 0.3) is 0 Å². The van der Waals surface area contributed by atoms with E-state index >= 15 is 0 Å². The minimum atomic E-state index is -0.810. The van der Waals surface area contributed by atoms with Crippen LogP contribution in [0.15, 0.2) is 24.3 Å². The second kappa shape index (κ2) is 8.68. The Balaban J connectivity index is 1.78. The van der Waals surface area contributed by atoms with Crippen LogP contribution in [0.4, 0.5) is 10.5 Å². The van der Waals surface area contributed by atoms with Crippen molar-refractivity contribution in [3.63, 3.8) is 0 Å². The molecule has 8 heteroatoms. The molecule has 0 saturated carbocycles. The zero-order chi connectivity index (χ0) is 18.2. The number of nitrogens with zero attached hydrogens (tertiary/aromatic N) is 2. The first-order valence-electron chi connectivity index (χ1n) is 7.96. The Hall–Kier alpha value is -3.08. The number of carbonyl (C=O) groups excluding carboxylic acids is 3. The Bertz CT molecular complexity index is 690. The first-order chi connectivity index (χ1) is 12.0. The first-order valence-corrected chi connectivity index (χ1v) is 7.96. The molecule has 1 aromatic carbocycles. The SMILES string of the molecule is COC(=O)N1CCC(CNC(=O)C(=O)Nc2ccccc2C#N)CC1. The molecule has 0 atom stereocenters. The molecule has 1 aliphatic heterocycles. The highest BCUT2D eigenvalue weighted by Gasteiger charge is 2.24. The molecule has 2 rings (SSSR count). The van der Waals surface area contributed by atoms with E-state index in [-0.39, 0.29) is 12.0 Å². The molecule has 0 aromatic heterocycles. The summed E-state index contributed by atoms with van der Waals surface area (Å²) in [5.74, 6) is -1.36. The molecule has 2 N–H and O–H groups in total.